The smallest absolute Gasteiger partial charge is 0.315 e. The van der Waals surface area contributed by atoms with Crippen LogP contribution in [-0.2, 0) is 17.8 Å². The van der Waals surface area contributed by atoms with E-state index in [4.69, 9.17) is 4.74 Å². The first kappa shape index (κ1) is 15.3. The summed E-state index contributed by atoms with van der Waals surface area (Å²) in [6.45, 7) is 1.22. The molecule has 1 aliphatic heterocycles. The lowest BCUT2D eigenvalue weighted by molar-refractivity contribution is 0.0305. The molecule has 2 aliphatic rings. The standard InChI is InChI=1S/C18H26N2O2/c21-18(20-16-9-3-1-2-4-10-16)19-12-17-11-14-7-5-6-8-15(14)13-22-17/h5-8,16-17H,1-4,9-13H2,(H2,19,20,21). The van der Waals surface area contributed by atoms with Gasteiger partial charge in [-0.2, -0.15) is 0 Å². The number of nitrogens with one attached hydrogen (secondary N) is 2. The zero-order valence-electron chi connectivity index (χ0n) is 13.1. The third-order valence-corrected chi connectivity index (χ3v) is 4.72. The van der Waals surface area contributed by atoms with Crippen molar-refractivity contribution in [2.75, 3.05) is 6.54 Å². The van der Waals surface area contributed by atoms with Crippen molar-refractivity contribution in [2.45, 2.75) is 63.7 Å². The summed E-state index contributed by atoms with van der Waals surface area (Å²) in [6.07, 6.45) is 8.24. The number of benzene rings is 1. The van der Waals surface area contributed by atoms with Gasteiger partial charge in [-0.25, -0.2) is 4.79 Å². The molecule has 2 amide bonds. The lowest BCUT2D eigenvalue weighted by atomic mass is 9.99. The maximum Gasteiger partial charge on any atom is 0.315 e. The van der Waals surface area contributed by atoms with Crippen molar-refractivity contribution in [2.24, 2.45) is 0 Å². The molecular formula is C18H26N2O2. The second-order valence-corrected chi connectivity index (χ2v) is 6.45. The predicted octanol–water partition coefficient (Wildman–Crippen LogP) is 3.15. The normalized spacial score (nSPS) is 22.5. The van der Waals surface area contributed by atoms with Crippen LogP contribution in [0.15, 0.2) is 24.3 Å². The average molecular weight is 302 g/mol. The number of amides is 2. The lowest BCUT2D eigenvalue weighted by Crippen LogP contribution is -2.45. The molecule has 0 bridgehead atoms. The molecular weight excluding hydrogens is 276 g/mol. The minimum absolute atomic E-state index is 0.0469. The SMILES string of the molecule is O=C(NCC1Cc2ccccc2CO1)NC1CCCCCC1. The minimum Gasteiger partial charge on any atom is -0.371 e. The summed E-state index contributed by atoms with van der Waals surface area (Å²) in [4.78, 5) is 12.0. The van der Waals surface area contributed by atoms with E-state index in [1.807, 2.05) is 6.07 Å². The van der Waals surface area contributed by atoms with E-state index in [0.29, 0.717) is 19.2 Å². The Morgan fingerprint density at radius 2 is 1.82 bits per heavy atom. The van der Waals surface area contributed by atoms with Gasteiger partial charge >= 0.3 is 6.03 Å². The van der Waals surface area contributed by atoms with Crippen LogP contribution in [0.1, 0.15) is 49.7 Å². The van der Waals surface area contributed by atoms with Crippen LogP contribution in [0.3, 0.4) is 0 Å². The van der Waals surface area contributed by atoms with E-state index in [9.17, 15) is 4.79 Å². The first-order chi connectivity index (χ1) is 10.8. The van der Waals surface area contributed by atoms with Gasteiger partial charge in [-0.05, 0) is 24.0 Å². The van der Waals surface area contributed by atoms with E-state index in [1.54, 1.807) is 0 Å². The van der Waals surface area contributed by atoms with Gasteiger partial charge in [-0.3, -0.25) is 0 Å². The molecule has 1 aromatic rings. The molecule has 1 unspecified atom stereocenters. The van der Waals surface area contributed by atoms with Crippen LogP contribution in [-0.4, -0.2) is 24.7 Å². The Morgan fingerprint density at radius 1 is 1.09 bits per heavy atom. The maximum absolute atomic E-state index is 12.0. The van der Waals surface area contributed by atoms with Crippen molar-refractivity contribution in [1.29, 1.82) is 0 Å². The van der Waals surface area contributed by atoms with Crippen molar-refractivity contribution >= 4 is 6.03 Å². The Hall–Kier alpha value is -1.55. The molecule has 1 aromatic carbocycles. The molecule has 0 aromatic heterocycles. The summed E-state index contributed by atoms with van der Waals surface area (Å²) in [6, 6.07) is 8.66. The quantitative estimate of drug-likeness (QED) is 0.843. The van der Waals surface area contributed by atoms with Crippen molar-refractivity contribution in [3.8, 4) is 0 Å². The molecule has 0 radical (unpaired) electrons. The van der Waals surface area contributed by atoms with Crippen molar-refractivity contribution in [3.05, 3.63) is 35.4 Å². The number of ether oxygens (including phenoxy) is 1. The van der Waals surface area contributed by atoms with Gasteiger partial charge in [0.15, 0.2) is 0 Å². The highest BCUT2D eigenvalue weighted by Crippen LogP contribution is 2.20. The van der Waals surface area contributed by atoms with E-state index in [-0.39, 0.29) is 12.1 Å². The number of rotatable bonds is 3. The number of carbonyl (C=O) groups is 1. The highest BCUT2D eigenvalue weighted by atomic mass is 16.5. The Labute approximate surface area is 132 Å². The zero-order chi connectivity index (χ0) is 15.2. The molecule has 0 saturated heterocycles. The van der Waals surface area contributed by atoms with E-state index in [1.165, 1.54) is 36.8 Å². The van der Waals surface area contributed by atoms with Crippen molar-refractivity contribution in [3.63, 3.8) is 0 Å². The lowest BCUT2D eigenvalue weighted by Gasteiger charge is -2.26. The van der Waals surface area contributed by atoms with Gasteiger partial charge in [0, 0.05) is 19.0 Å². The molecule has 22 heavy (non-hydrogen) atoms. The third kappa shape index (κ3) is 4.23. The van der Waals surface area contributed by atoms with Gasteiger partial charge in [-0.15, -0.1) is 0 Å². The number of carbonyl (C=O) groups excluding carboxylic acids is 1. The van der Waals surface area contributed by atoms with E-state index in [0.717, 1.165) is 19.3 Å². The van der Waals surface area contributed by atoms with E-state index in [2.05, 4.69) is 28.8 Å². The van der Waals surface area contributed by atoms with Gasteiger partial charge in [0.2, 0.25) is 0 Å². The molecule has 4 heteroatoms. The molecule has 1 fully saturated rings. The van der Waals surface area contributed by atoms with Gasteiger partial charge in [0.25, 0.3) is 0 Å². The summed E-state index contributed by atoms with van der Waals surface area (Å²) in [5, 5.41) is 6.09. The summed E-state index contributed by atoms with van der Waals surface area (Å²) in [5.74, 6) is 0. The molecule has 4 nitrogen and oxygen atoms in total. The van der Waals surface area contributed by atoms with Crippen LogP contribution in [0.25, 0.3) is 0 Å². The third-order valence-electron chi connectivity index (χ3n) is 4.72. The van der Waals surface area contributed by atoms with Gasteiger partial charge in [0.05, 0.1) is 12.7 Å². The topological polar surface area (TPSA) is 50.4 Å². The fourth-order valence-corrected chi connectivity index (χ4v) is 3.41. The Kier molecular flexibility index (Phi) is 5.33. The Bertz CT molecular complexity index is 496. The molecule has 1 aliphatic carbocycles. The number of urea groups is 1. The minimum atomic E-state index is -0.0469. The first-order valence-corrected chi connectivity index (χ1v) is 8.54. The molecule has 0 spiro atoms. The maximum atomic E-state index is 12.0. The molecule has 1 atom stereocenters. The van der Waals surface area contributed by atoms with Gasteiger partial charge < -0.3 is 15.4 Å². The molecule has 1 saturated carbocycles. The van der Waals surface area contributed by atoms with Crippen molar-refractivity contribution in [1.82, 2.24) is 10.6 Å². The predicted molar refractivity (Wildman–Crippen MR) is 86.7 cm³/mol. The Balaban J connectivity index is 1.42. The van der Waals surface area contributed by atoms with Crippen LogP contribution < -0.4 is 10.6 Å². The van der Waals surface area contributed by atoms with E-state index >= 15 is 0 Å². The van der Waals surface area contributed by atoms with E-state index < -0.39 is 0 Å². The summed E-state index contributed by atoms with van der Waals surface area (Å²) in [7, 11) is 0. The highest BCUT2D eigenvalue weighted by molar-refractivity contribution is 5.74. The van der Waals surface area contributed by atoms with Crippen LogP contribution in [0.5, 0.6) is 0 Å². The number of hydrogen-bond acceptors (Lipinski definition) is 2. The first-order valence-electron chi connectivity index (χ1n) is 8.54. The van der Waals surface area contributed by atoms with Crippen LogP contribution in [0.4, 0.5) is 4.79 Å². The van der Waals surface area contributed by atoms with Gasteiger partial charge in [-0.1, -0.05) is 49.9 Å². The van der Waals surface area contributed by atoms with Crippen LogP contribution >= 0.6 is 0 Å². The highest BCUT2D eigenvalue weighted by Gasteiger charge is 2.20. The monoisotopic (exact) mass is 302 g/mol. The van der Waals surface area contributed by atoms with Crippen LogP contribution in [0, 0.1) is 0 Å². The molecule has 120 valence electrons. The largest absolute Gasteiger partial charge is 0.371 e. The van der Waals surface area contributed by atoms with Crippen molar-refractivity contribution < 1.29 is 9.53 Å². The molecule has 3 rings (SSSR count). The summed E-state index contributed by atoms with van der Waals surface area (Å²) >= 11 is 0. The fraction of sp³-hybridized carbons (Fsp3) is 0.611. The fourth-order valence-electron chi connectivity index (χ4n) is 3.41. The molecule has 1 heterocycles. The van der Waals surface area contributed by atoms with Crippen LogP contribution in [0.2, 0.25) is 0 Å². The Morgan fingerprint density at radius 3 is 2.59 bits per heavy atom. The summed E-state index contributed by atoms with van der Waals surface area (Å²) in [5.41, 5.74) is 2.60. The number of fused-ring (bicyclic) bond motifs is 1. The second-order valence-electron chi connectivity index (χ2n) is 6.45. The summed E-state index contributed by atoms with van der Waals surface area (Å²) < 4.78 is 5.82. The number of hydrogen-bond donors (Lipinski definition) is 2. The zero-order valence-corrected chi connectivity index (χ0v) is 13.1. The van der Waals surface area contributed by atoms with Gasteiger partial charge in [0.1, 0.15) is 0 Å². The second kappa shape index (κ2) is 7.63. The average Bonchev–Trinajstić information content (AvgIpc) is 2.81. The molecule has 2 N–H and O–H groups in total.